The van der Waals surface area contributed by atoms with Crippen molar-refractivity contribution in [3.8, 4) is 28.7 Å². The number of carboxylic acid groups (broad SMARTS) is 1. The number of hydrogen-bond donors (Lipinski definition) is 10. The van der Waals surface area contributed by atoms with Gasteiger partial charge in [0, 0.05) is 18.2 Å². The molecule has 59 heavy (non-hydrogen) atoms. The van der Waals surface area contributed by atoms with Gasteiger partial charge in [-0.2, -0.15) is 0 Å². The molecule has 11 N–H and O–H groups in total. The van der Waals surface area contributed by atoms with Crippen molar-refractivity contribution in [1.82, 2.24) is 0 Å². The van der Waals surface area contributed by atoms with Gasteiger partial charge in [-0.3, -0.25) is 9.59 Å². The first-order valence-electron chi connectivity index (χ1n) is 17.9. The smallest absolute Gasteiger partial charge is 0.330 e. The van der Waals surface area contributed by atoms with Gasteiger partial charge in [0.05, 0.1) is 18.2 Å². The summed E-state index contributed by atoms with van der Waals surface area (Å²) in [5, 5.41) is 103. The molecule has 3 aliphatic heterocycles. The van der Waals surface area contributed by atoms with Crippen LogP contribution in [0, 0.1) is 0 Å². The van der Waals surface area contributed by atoms with Crippen LogP contribution >= 0.6 is 0 Å². The van der Waals surface area contributed by atoms with Gasteiger partial charge in [-0.25, -0.2) is 4.79 Å². The lowest BCUT2D eigenvalue weighted by atomic mass is 9.98. The zero-order valence-corrected chi connectivity index (χ0v) is 30.6. The quantitative estimate of drug-likeness (QED) is 0.0446. The Morgan fingerprint density at radius 1 is 0.746 bits per heavy atom. The van der Waals surface area contributed by atoms with Gasteiger partial charge in [0.2, 0.25) is 12.6 Å². The molecule has 0 aromatic heterocycles. The van der Waals surface area contributed by atoms with Crippen LogP contribution in [0.4, 0.5) is 0 Å². The number of rotatable bonds is 13. The van der Waals surface area contributed by atoms with E-state index in [-0.39, 0.29) is 34.3 Å². The van der Waals surface area contributed by atoms with Crippen molar-refractivity contribution in [3.63, 3.8) is 0 Å². The largest absolute Gasteiger partial charge is 0.571 e. The maximum Gasteiger partial charge on any atom is 0.330 e. The minimum atomic E-state index is -1.98. The standard InChI is InChI=1S/C39H40O20/c40-15-26-37(59-30(47)14-28(44)45)33(50)35(52)39(57-26)55-24-12-21(43)11-23-22(24)13-25(36(54-23)18-4-8-20(42)9-5-18)56-38-34(51)32(49)31(48)27(58-38)16-53-29(46)10-3-17-1-6-19(41)7-2-17/h1-13,26-27,31-43,48-52H,14-16H2,(H,44,45)/p+1. The zero-order chi connectivity index (χ0) is 42.5. The molecule has 0 saturated carbocycles. The highest BCUT2D eigenvalue weighted by Crippen LogP contribution is 2.46. The number of carboxylic acids is 1. The van der Waals surface area contributed by atoms with Crippen LogP contribution in [0.1, 0.15) is 29.2 Å². The van der Waals surface area contributed by atoms with E-state index in [2.05, 4.69) is 4.74 Å². The highest BCUT2D eigenvalue weighted by Gasteiger charge is 2.49. The normalized spacial score (nSPS) is 29.1. The summed E-state index contributed by atoms with van der Waals surface area (Å²) in [4.78, 5) is 35.4. The zero-order valence-electron chi connectivity index (χ0n) is 30.6. The van der Waals surface area contributed by atoms with Crippen LogP contribution in [0.25, 0.3) is 12.2 Å². The molecule has 0 amide bonds. The summed E-state index contributed by atoms with van der Waals surface area (Å²) >= 11 is 0. The van der Waals surface area contributed by atoms with Crippen LogP contribution in [-0.2, 0) is 38.1 Å². The van der Waals surface area contributed by atoms with Crippen molar-refractivity contribution in [1.29, 1.82) is 0 Å². The summed E-state index contributed by atoms with van der Waals surface area (Å²) in [6.45, 7) is -1.48. The van der Waals surface area contributed by atoms with E-state index in [1.165, 1.54) is 54.6 Å². The molecule has 3 aliphatic rings. The fraction of sp³-hybridized carbons (Fsp3) is 0.359. The minimum absolute atomic E-state index is 0.0277. The molecule has 6 rings (SSSR count). The Bertz CT molecular complexity index is 2030. The van der Waals surface area contributed by atoms with E-state index in [1.54, 1.807) is 12.1 Å². The lowest BCUT2D eigenvalue weighted by molar-refractivity contribution is -0.296. The average Bonchev–Trinajstić information content (AvgIpc) is 3.20. The SMILES string of the molecule is O=C(O)CC(=O)OC1C(CO)OC(Oc2cc(O)cc3c2C=C(OC2OC(COC(=O)C=Cc4ccc(O)cc4)C(O)C(O)C2O)C(c2ccc(O)cc2)[OH+]3)C(O)C1O. The van der Waals surface area contributed by atoms with E-state index in [9.17, 15) is 60.3 Å². The summed E-state index contributed by atoms with van der Waals surface area (Å²) < 4.78 is 38.3. The lowest BCUT2D eigenvalue weighted by Crippen LogP contribution is -2.61. The van der Waals surface area contributed by atoms with E-state index in [1.807, 2.05) is 0 Å². The first kappa shape index (κ1) is 42.6. The molecule has 3 aromatic rings. The van der Waals surface area contributed by atoms with E-state index < -0.39 is 111 Å². The van der Waals surface area contributed by atoms with Crippen LogP contribution in [0.3, 0.4) is 0 Å². The number of ether oxygens (including phenoxy) is 7. The van der Waals surface area contributed by atoms with Gasteiger partial charge in [0.25, 0.3) is 11.9 Å². The van der Waals surface area contributed by atoms with E-state index >= 15 is 0 Å². The molecular formula is C39H41O20+. The fourth-order valence-corrected chi connectivity index (χ4v) is 6.35. The summed E-state index contributed by atoms with van der Waals surface area (Å²) in [6, 6.07) is 14.0. The van der Waals surface area contributed by atoms with Gasteiger partial charge >= 0.3 is 17.9 Å². The van der Waals surface area contributed by atoms with Crippen LogP contribution in [0.2, 0.25) is 0 Å². The molecule has 2 saturated heterocycles. The third-order valence-electron chi connectivity index (χ3n) is 9.38. The predicted molar refractivity (Wildman–Crippen MR) is 195 cm³/mol. The van der Waals surface area contributed by atoms with Gasteiger partial charge in [-0.05, 0) is 48.0 Å². The first-order chi connectivity index (χ1) is 28.1. The minimum Gasteiger partial charge on any atom is -0.571 e. The van der Waals surface area contributed by atoms with Crippen molar-refractivity contribution in [3.05, 3.63) is 89.2 Å². The Labute approximate surface area is 333 Å². The number of fused-ring (bicyclic) bond motifs is 1. The van der Waals surface area contributed by atoms with Crippen molar-refractivity contribution in [2.75, 3.05) is 13.2 Å². The number of aliphatic carboxylic acids is 1. The number of carbonyl (C=O) groups excluding carboxylic acids is 2. The van der Waals surface area contributed by atoms with Crippen molar-refractivity contribution in [2.45, 2.75) is 73.9 Å². The van der Waals surface area contributed by atoms with Crippen molar-refractivity contribution in [2.24, 2.45) is 0 Å². The third kappa shape index (κ3) is 10.0. The van der Waals surface area contributed by atoms with Crippen LogP contribution in [0.15, 0.2) is 72.5 Å². The number of phenols is 3. The number of aliphatic hydroxyl groups excluding tert-OH is 6. The van der Waals surface area contributed by atoms with E-state index in [0.29, 0.717) is 11.1 Å². The number of esters is 2. The third-order valence-corrected chi connectivity index (χ3v) is 9.38. The lowest BCUT2D eigenvalue weighted by Gasteiger charge is -2.41. The van der Waals surface area contributed by atoms with Gasteiger partial charge < -0.3 is 84.2 Å². The van der Waals surface area contributed by atoms with Gasteiger partial charge in [-0.15, -0.1) is 0 Å². The molecule has 0 spiro atoms. The number of hydrogen-bond acceptors (Lipinski definition) is 18. The number of aromatic hydroxyl groups is 4. The molecule has 20 heteroatoms. The average molecular weight is 830 g/mol. The molecule has 3 heterocycles. The fourth-order valence-electron chi connectivity index (χ4n) is 6.35. The Morgan fingerprint density at radius 2 is 1.37 bits per heavy atom. The van der Waals surface area contributed by atoms with E-state index in [0.717, 1.165) is 12.1 Å². The van der Waals surface area contributed by atoms with Crippen LogP contribution in [-0.4, -0.2) is 148 Å². The van der Waals surface area contributed by atoms with Crippen molar-refractivity contribution < 1.29 is 98.6 Å². The van der Waals surface area contributed by atoms with Crippen LogP contribution in [0.5, 0.6) is 28.7 Å². The summed E-state index contributed by atoms with van der Waals surface area (Å²) in [7, 11) is 0. The summed E-state index contributed by atoms with van der Waals surface area (Å²) in [5.74, 6) is -4.37. The summed E-state index contributed by atoms with van der Waals surface area (Å²) in [5.41, 5.74) is 1.04. The molecular weight excluding hydrogens is 788 g/mol. The highest BCUT2D eigenvalue weighted by molar-refractivity contribution is 5.90. The Kier molecular flexibility index (Phi) is 13.2. The van der Waals surface area contributed by atoms with Gasteiger partial charge in [0.1, 0.15) is 84.3 Å². The van der Waals surface area contributed by atoms with E-state index in [4.69, 9.17) is 33.5 Å². The molecule has 2 fully saturated rings. The second-order valence-electron chi connectivity index (χ2n) is 13.6. The van der Waals surface area contributed by atoms with Gasteiger partial charge in [-0.1, -0.05) is 12.1 Å². The number of aliphatic hydroxyl groups is 7. The first-order valence-corrected chi connectivity index (χ1v) is 17.9. The Morgan fingerprint density at radius 3 is 2.03 bits per heavy atom. The topological polar surface area (TPSA) is 322 Å². The molecule has 3 aromatic carbocycles. The number of carbonyl (C=O) groups is 3. The van der Waals surface area contributed by atoms with Crippen LogP contribution < -0.4 is 4.74 Å². The Balaban J connectivity index is 1.25. The number of phenolic OH excluding ortho intramolecular Hbond substituents is 3. The van der Waals surface area contributed by atoms with Gasteiger partial charge in [0.15, 0.2) is 11.9 Å². The maximum atomic E-state index is 12.5. The molecule has 11 unspecified atom stereocenters. The second-order valence-corrected chi connectivity index (χ2v) is 13.6. The molecule has 316 valence electrons. The monoisotopic (exact) mass is 829 g/mol. The molecule has 0 bridgehead atoms. The molecule has 0 aliphatic carbocycles. The summed E-state index contributed by atoms with van der Waals surface area (Å²) in [6.07, 6.45) is -15.9. The Hall–Kier alpha value is -5.97. The number of benzene rings is 3. The highest BCUT2D eigenvalue weighted by atomic mass is 16.7. The maximum absolute atomic E-state index is 12.5. The van der Waals surface area contributed by atoms with Crippen molar-refractivity contribution >= 4 is 30.1 Å². The molecule has 11 atom stereocenters. The predicted octanol–water partition coefficient (Wildman–Crippen LogP) is -0.574. The molecule has 0 radical (unpaired) electrons. The molecule has 20 nitrogen and oxygen atoms in total. The second kappa shape index (κ2) is 18.3.